The Balaban J connectivity index is 2.08. The maximum absolute atomic E-state index is 12.5. The number of non-ortho nitro benzene ring substituents is 1. The van der Waals surface area contributed by atoms with E-state index in [1.165, 1.54) is 18.2 Å². The number of nitrogens with zero attached hydrogens (tertiary/aromatic N) is 2. The molecule has 0 saturated heterocycles. The Hall–Kier alpha value is -4.06. The van der Waals surface area contributed by atoms with Crippen molar-refractivity contribution in [2.24, 2.45) is 5.73 Å². The first-order valence-electron chi connectivity index (χ1n) is 8.67. The van der Waals surface area contributed by atoms with Crippen molar-refractivity contribution in [1.82, 2.24) is 0 Å². The van der Waals surface area contributed by atoms with Crippen LogP contribution in [0.4, 0.5) is 5.69 Å². The molecule has 9 heteroatoms. The molecule has 148 valence electrons. The molecule has 3 rings (SSSR count). The molecule has 1 aromatic heterocycles. The van der Waals surface area contributed by atoms with E-state index in [2.05, 4.69) is 0 Å². The van der Waals surface area contributed by atoms with Gasteiger partial charge in [0.15, 0.2) is 0 Å². The molecule has 1 aliphatic heterocycles. The normalized spacial score (nSPS) is 16.2. The Morgan fingerprint density at radius 2 is 2.14 bits per heavy atom. The van der Waals surface area contributed by atoms with Gasteiger partial charge in [0.05, 0.1) is 23.0 Å². The highest BCUT2D eigenvalue weighted by molar-refractivity contribution is 5.92. The summed E-state index contributed by atoms with van der Waals surface area (Å²) in [5, 5.41) is 20.6. The van der Waals surface area contributed by atoms with Gasteiger partial charge in [-0.25, -0.2) is 4.79 Å². The van der Waals surface area contributed by atoms with Crippen molar-refractivity contribution in [3.63, 3.8) is 0 Å². The number of benzene rings is 1. The summed E-state index contributed by atoms with van der Waals surface area (Å²) >= 11 is 0. The number of nitriles is 1. The number of esters is 1. The Morgan fingerprint density at radius 3 is 2.79 bits per heavy atom. The zero-order valence-corrected chi connectivity index (χ0v) is 15.7. The van der Waals surface area contributed by atoms with Gasteiger partial charge in [-0.05, 0) is 26.0 Å². The van der Waals surface area contributed by atoms with Crippen LogP contribution in [-0.4, -0.2) is 17.5 Å². The van der Waals surface area contributed by atoms with E-state index in [1.807, 2.05) is 6.07 Å². The van der Waals surface area contributed by atoms with Gasteiger partial charge < -0.3 is 19.6 Å². The van der Waals surface area contributed by atoms with Gasteiger partial charge >= 0.3 is 5.97 Å². The zero-order valence-electron chi connectivity index (χ0n) is 15.7. The molecule has 1 aromatic carbocycles. The number of furan rings is 1. The molecule has 0 aliphatic carbocycles. The van der Waals surface area contributed by atoms with Crippen molar-refractivity contribution in [1.29, 1.82) is 5.26 Å². The molecule has 1 atom stereocenters. The lowest BCUT2D eigenvalue weighted by Crippen LogP contribution is -2.25. The van der Waals surface area contributed by atoms with Crippen LogP contribution in [0.15, 0.2) is 63.6 Å². The molecule has 0 radical (unpaired) electrons. The fourth-order valence-corrected chi connectivity index (χ4v) is 3.08. The molecule has 0 bridgehead atoms. The summed E-state index contributed by atoms with van der Waals surface area (Å²) in [6.45, 7) is 3.35. The minimum absolute atomic E-state index is 0.0126. The minimum atomic E-state index is -0.916. The molecule has 1 aliphatic rings. The van der Waals surface area contributed by atoms with Crippen molar-refractivity contribution in [2.75, 3.05) is 6.61 Å². The van der Waals surface area contributed by atoms with Crippen molar-refractivity contribution < 1.29 is 23.6 Å². The third-order valence-corrected chi connectivity index (χ3v) is 4.35. The number of nitro groups is 1. The number of rotatable bonds is 5. The van der Waals surface area contributed by atoms with Crippen LogP contribution in [0.5, 0.6) is 0 Å². The number of allylic oxidation sites excluding steroid dienone is 2. The second-order valence-electron chi connectivity index (χ2n) is 6.12. The fraction of sp³-hybridized carbons (Fsp3) is 0.200. The van der Waals surface area contributed by atoms with Gasteiger partial charge in [0.2, 0.25) is 5.88 Å². The van der Waals surface area contributed by atoms with Crippen LogP contribution >= 0.6 is 0 Å². The molecule has 0 unspecified atom stereocenters. The third kappa shape index (κ3) is 3.68. The van der Waals surface area contributed by atoms with Crippen LogP contribution in [0.25, 0.3) is 11.3 Å². The SMILES string of the molecule is CCOC(=O)C1=C(C)OC(N)=C(C#N)[C@@H]1c1ccc(-c2cccc([N+](=O)[O-])c2)o1. The van der Waals surface area contributed by atoms with E-state index in [0.717, 1.165) is 0 Å². The molecule has 0 amide bonds. The Morgan fingerprint density at radius 1 is 1.38 bits per heavy atom. The number of carbonyl (C=O) groups is 1. The third-order valence-electron chi connectivity index (χ3n) is 4.35. The van der Waals surface area contributed by atoms with Crippen LogP contribution in [0.2, 0.25) is 0 Å². The lowest BCUT2D eigenvalue weighted by Gasteiger charge is -2.25. The molecule has 29 heavy (non-hydrogen) atoms. The molecule has 0 fully saturated rings. The van der Waals surface area contributed by atoms with Gasteiger partial charge in [-0.3, -0.25) is 10.1 Å². The Labute approximate surface area is 165 Å². The number of hydrogen-bond donors (Lipinski definition) is 1. The van der Waals surface area contributed by atoms with E-state index >= 15 is 0 Å². The van der Waals surface area contributed by atoms with Crippen molar-refractivity contribution in [3.05, 3.63) is 75.1 Å². The Bertz CT molecular complexity index is 1090. The van der Waals surface area contributed by atoms with Gasteiger partial charge in [-0.1, -0.05) is 12.1 Å². The highest BCUT2D eigenvalue weighted by atomic mass is 16.6. The van der Waals surface area contributed by atoms with Crippen molar-refractivity contribution >= 4 is 11.7 Å². The minimum Gasteiger partial charge on any atom is -0.463 e. The topological polar surface area (TPSA) is 142 Å². The van der Waals surface area contributed by atoms with Crippen LogP contribution in [0, 0.1) is 21.4 Å². The highest BCUT2D eigenvalue weighted by Crippen LogP contribution is 2.41. The second-order valence-corrected chi connectivity index (χ2v) is 6.12. The average Bonchev–Trinajstić information content (AvgIpc) is 3.17. The molecule has 0 spiro atoms. The van der Waals surface area contributed by atoms with Crippen molar-refractivity contribution in [3.8, 4) is 17.4 Å². The maximum atomic E-state index is 12.5. The summed E-state index contributed by atoms with van der Waals surface area (Å²) in [5.41, 5.74) is 6.36. The lowest BCUT2D eigenvalue weighted by molar-refractivity contribution is -0.384. The van der Waals surface area contributed by atoms with Gasteiger partial charge in [-0.2, -0.15) is 5.26 Å². The van der Waals surface area contributed by atoms with E-state index in [1.54, 1.807) is 32.0 Å². The average molecular weight is 395 g/mol. The molecule has 0 saturated carbocycles. The summed E-state index contributed by atoms with van der Waals surface area (Å²) < 4.78 is 16.3. The van der Waals surface area contributed by atoms with E-state index in [0.29, 0.717) is 11.3 Å². The van der Waals surface area contributed by atoms with Crippen molar-refractivity contribution in [2.45, 2.75) is 19.8 Å². The maximum Gasteiger partial charge on any atom is 0.338 e. The first-order valence-corrected chi connectivity index (χ1v) is 8.67. The zero-order chi connectivity index (χ0) is 21.1. The Kier molecular flexibility index (Phi) is 5.36. The van der Waals surface area contributed by atoms with E-state index < -0.39 is 16.8 Å². The number of ether oxygens (including phenoxy) is 2. The van der Waals surface area contributed by atoms with Gasteiger partial charge in [0.1, 0.15) is 28.9 Å². The second kappa shape index (κ2) is 7.90. The number of carbonyl (C=O) groups excluding carboxylic acids is 1. The molecule has 2 aromatic rings. The predicted octanol–water partition coefficient (Wildman–Crippen LogP) is 3.50. The summed E-state index contributed by atoms with van der Waals surface area (Å²) in [6, 6.07) is 11.1. The molecule has 9 nitrogen and oxygen atoms in total. The first kappa shape index (κ1) is 19.7. The predicted molar refractivity (Wildman–Crippen MR) is 101 cm³/mol. The van der Waals surface area contributed by atoms with Gasteiger partial charge in [-0.15, -0.1) is 0 Å². The monoisotopic (exact) mass is 395 g/mol. The van der Waals surface area contributed by atoms with E-state index in [4.69, 9.17) is 19.6 Å². The summed E-state index contributed by atoms with van der Waals surface area (Å²) in [5.74, 6) is -0.887. The lowest BCUT2D eigenvalue weighted by atomic mass is 9.87. The summed E-state index contributed by atoms with van der Waals surface area (Å²) in [7, 11) is 0. The van der Waals surface area contributed by atoms with Crippen LogP contribution in [0.3, 0.4) is 0 Å². The molecular weight excluding hydrogens is 378 g/mol. The quantitative estimate of drug-likeness (QED) is 0.460. The number of hydrogen-bond acceptors (Lipinski definition) is 8. The van der Waals surface area contributed by atoms with E-state index in [9.17, 15) is 20.2 Å². The molecular formula is C20H17N3O6. The van der Waals surface area contributed by atoms with E-state index in [-0.39, 0.29) is 40.8 Å². The first-order chi connectivity index (χ1) is 13.9. The molecule has 2 N–H and O–H groups in total. The van der Waals surface area contributed by atoms with Crippen LogP contribution < -0.4 is 5.73 Å². The highest BCUT2D eigenvalue weighted by Gasteiger charge is 2.38. The van der Waals surface area contributed by atoms with Gasteiger partial charge in [0.25, 0.3) is 5.69 Å². The summed E-state index contributed by atoms with van der Waals surface area (Å²) in [4.78, 5) is 23.0. The number of nitro benzene ring substituents is 1. The molecule has 2 heterocycles. The van der Waals surface area contributed by atoms with Gasteiger partial charge in [0, 0.05) is 17.7 Å². The van der Waals surface area contributed by atoms with Crippen LogP contribution in [0.1, 0.15) is 25.5 Å². The smallest absolute Gasteiger partial charge is 0.338 e. The number of nitrogens with two attached hydrogens (primary N) is 1. The summed E-state index contributed by atoms with van der Waals surface area (Å²) in [6.07, 6.45) is 0. The van der Waals surface area contributed by atoms with Crippen LogP contribution in [-0.2, 0) is 14.3 Å². The largest absolute Gasteiger partial charge is 0.463 e. The standard InChI is InChI=1S/C20H17N3O6/c1-3-27-20(24)17-11(2)28-19(22)14(10-21)18(17)16-8-7-15(29-16)12-5-4-6-13(9-12)23(25)26/h4-9,18H,3,22H2,1-2H3/t18-/m1/s1. The fourth-order valence-electron chi connectivity index (χ4n) is 3.08.